The molecule has 0 atom stereocenters. The number of H-pyrrole nitrogens is 2. The minimum atomic E-state index is 0.111. The number of hydrogen-bond donors (Lipinski definition) is 4. The lowest BCUT2D eigenvalue weighted by Gasteiger charge is -2.03. The third-order valence-corrected chi connectivity index (χ3v) is 5.48. The fourth-order valence-electron chi connectivity index (χ4n) is 3.72. The molecule has 0 spiro atoms. The van der Waals surface area contributed by atoms with E-state index in [9.17, 15) is 0 Å². The summed E-state index contributed by atoms with van der Waals surface area (Å²) in [5, 5.41) is 17.8. The van der Waals surface area contributed by atoms with E-state index in [1.807, 2.05) is 60.7 Å². The van der Waals surface area contributed by atoms with Gasteiger partial charge in [-0.3, -0.25) is 0 Å². The van der Waals surface area contributed by atoms with Crippen molar-refractivity contribution in [3.8, 4) is 34.3 Å². The summed E-state index contributed by atoms with van der Waals surface area (Å²) < 4.78 is 11.3. The van der Waals surface area contributed by atoms with Gasteiger partial charge in [-0.1, -0.05) is 24.3 Å². The number of benzene rings is 3. The summed E-state index contributed by atoms with van der Waals surface area (Å²) in [4.78, 5) is 16.1. The lowest BCUT2D eigenvalue weighted by Crippen LogP contribution is -1.99. The number of nitrogens with zero attached hydrogens (tertiary/aromatic N) is 2. The van der Waals surface area contributed by atoms with Gasteiger partial charge in [-0.15, -0.1) is 0 Å². The van der Waals surface area contributed by atoms with Gasteiger partial charge in [0.2, 0.25) is 0 Å². The Kier molecular flexibility index (Phi) is 6.42. The molecule has 2 aromatic heterocycles. The van der Waals surface area contributed by atoms with E-state index in [4.69, 9.17) is 29.7 Å². The van der Waals surface area contributed by atoms with Crippen LogP contribution in [0.3, 0.4) is 0 Å². The van der Waals surface area contributed by atoms with Gasteiger partial charge in [0.15, 0.2) is 0 Å². The van der Waals surface area contributed by atoms with Crippen LogP contribution < -0.4 is 9.47 Å². The number of aromatic nitrogens is 4. The van der Waals surface area contributed by atoms with Crippen molar-refractivity contribution in [2.75, 3.05) is 26.4 Å². The molecule has 0 radical (unpaired) electrons. The second-order valence-electron chi connectivity index (χ2n) is 7.96. The molecule has 174 valence electrons. The molecule has 34 heavy (non-hydrogen) atoms. The predicted octanol–water partition coefficient (Wildman–Crippen LogP) is 4.30. The highest BCUT2D eigenvalue weighted by molar-refractivity contribution is 5.82. The summed E-state index contributed by atoms with van der Waals surface area (Å²) in [6.07, 6.45) is 1.20. The molecule has 0 aliphatic carbocycles. The van der Waals surface area contributed by atoms with Gasteiger partial charge in [0.1, 0.15) is 23.1 Å². The van der Waals surface area contributed by atoms with Crippen molar-refractivity contribution in [1.29, 1.82) is 0 Å². The zero-order chi connectivity index (χ0) is 23.3. The van der Waals surface area contributed by atoms with Gasteiger partial charge in [0.25, 0.3) is 0 Å². The Morgan fingerprint density at radius 1 is 0.618 bits per heavy atom. The normalized spacial score (nSPS) is 11.4. The second-order valence-corrected chi connectivity index (χ2v) is 7.96. The molecular weight excluding hydrogens is 432 g/mol. The highest BCUT2D eigenvalue weighted by Gasteiger charge is 2.10. The van der Waals surface area contributed by atoms with Crippen LogP contribution in [-0.2, 0) is 0 Å². The van der Waals surface area contributed by atoms with E-state index < -0.39 is 0 Å². The number of aliphatic hydroxyl groups excluding tert-OH is 2. The lowest BCUT2D eigenvalue weighted by atomic mass is 10.1. The number of hydrogen-bond acceptors (Lipinski definition) is 6. The van der Waals surface area contributed by atoms with Crippen LogP contribution in [0.2, 0.25) is 0 Å². The summed E-state index contributed by atoms with van der Waals surface area (Å²) in [6, 6.07) is 19.6. The van der Waals surface area contributed by atoms with E-state index in [0.29, 0.717) is 26.1 Å². The Morgan fingerprint density at radius 2 is 1.06 bits per heavy atom. The molecule has 3 aromatic carbocycles. The van der Waals surface area contributed by atoms with Gasteiger partial charge in [-0.2, -0.15) is 0 Å². The summed E-state index contributed by atoms with van der Waals surface area (Å²) in [5.74, 6) is 3.04. The predicted molar refractivity (Wildman–Crippen MR) is 131 cm³/mol. The minimum Gasteiger partial charge on any atom is -0.493 e. The smallest absolute Gasteiger partial charge is 0.138 e. The van der Waals surface area contributed by atoms with Crippen molar-refractivity contribution >= 4 is 22.1 Å². The van der Waals surface area contributed by atoms with Crippen molar-refractivity contribution in [2.24, 2.45) is 0 Å². The highest BCUT2D eigenvalue weighted by Crippen LogP contribution is 2.28. The maximum atomic E-state index is 8.91. The largest absolute Gasteiger partial charge is 0.493 e. The van der Waals surface area contributed by atoms with Crippen molar-refractivity contribution < 1.29 is 19.7 Å². The Hall–Kier alpha value is -3.88. The fraction of sp³-hybridized carbons (Fsp3) is 0.231. The Labute approximate surface area is 196 Å². The first kappa shape index (κ1) is 21.9. The van der Waals surface area contributed by atoms with E-state index in [0.717, 1.165) is 56.3 Å². The molecule has 0 aliphatic rings. The summed E-state index contributed by atoms with van der Waals surface area (Å²) in [5.41, 5.74) is 5.47. The quantitative estimate of drug-likeness (QED) is 0.232. The second kappa shape index (κ2) is 9.94. The summed E-state index contributed by atoms with van der Waals surface area (Å²) >= 11 is 0. The SMILES string of the molecule is OCCCOc1ccc2[nH]c(-c3ccc(-c4nc5cc(OCCCO)ccc5[nH]4)cc3)nc2c1. The Bertz CT molecular complexity index is 1280. The van der Waals surface area contributed by atoms with Crippen molar-refractivity contribution in [1.82, 2.24) is 19.9 Å². The van der Waals surface area contributed by atoms with E-state index in [1.54, 1.807) is 0 Å². The molecule has 2 heterocycles. The number of imidazole rings is 2. The van der Waals surface area contributed by atoms with Gasteiger partial charge in [-0.05, 0) is 24.3 Å². The Balaban J connectivity index is 1.34. The van der Waals surface area contributed by atoms with Crippen LogP contribution in [0.4, 0.5) is 0 Å². The van der Waals surface area contributed by atoms with E-state index in [-0.39, 0.29) is 13.2 Å². The van der Waals surface area contributed by atoms with Gasteiger partial charge in [0, 0.05) is 49.3 Å². The summed E-state index contributed by atoms with van der Waals surface area (Å²) in [6.45, 7) is 1.17. The van der Waals surface area contributed by atoms with Crippen LogP contribution >= 0.6 is 0 Å². The zero-order valence-corrected chi connectivity index (χ0v) is 18.6. The number of ether oxygens (including phenoxy) is 2. The summed E-state index contributed by atoms with van der Waals surface area (Å²) in [7, 11) is 0. The number of fused-ring (bicyclic) bond motifs is 2. The molecule has 0 bridgehead atoms. The topological polar surface area (TPSA) is 116 Å². The van der Waals surface area contributed by atoms with Crippen LogP contribution in [0, 0.1) is 0 Å². The number of aromatic amines is 2. The molecule has 0 aliphatic heterocycles. The molecular formula is C26H26N4O4. The molecule has 8 heteroatoms. The molecule has 0 saturated heterocycles. The maximum Gasteiger partial charge on any atom is 0.138 e. The van der Waals surface area contributed by atoms with Crippen LogP contribution in [0.25, 0.3) is 44.8 Å². The Morgan fingerprint density at radius 3 is 1.47 bits per heavy atom. The first-order valence-corrected chi connectivity index (χ1v) is 11.3. The molecule has 0 amide bonds. The molecule has 0 fully saturated rings. The van der Waals surface area contributed by atoms with Gasteiger partial charge < -0.3 is 29.7 Å². The third-order valence-electron chi connectivity index (χ3n) is 5.48. The number of nitrogens with one attached hydrogen (secondary N) is 2. The molecule has 0 unspecified atom stereocenters. The van der Waals surface area contributed by atoms with Crippen LogP contribution in [0.5, 0.6) is 11.5 Å². The molecule has 5 aromatic rings. The van der Waals surface area contributed by atoms with Crippen LogP contribution in [0.15, 0.2) is 60.7 Å². The van der Waals surface area contributed by atoms with Crippen LogP contribution in [0.1, 0.15) is 12.8 Å². The third kappa shape index (κ3) is 4.73. The van der Waals surface area contributed by atoms with Crippen molar-refractivity contribution in [3.63, 3.8) is 0 Å². The average molecular weight is 459 g/mol. The van der Waals surface area contributed by atoms with Crippen LogP contribution in [-0.4, -0.2) is 56.6 Å². The van der Waals surface area contributed by atoms with E-state index in [1.165, 1.54) is 0 Å². The van der Waals surface area contributed by atoms with Gasteiger partial charge in [-0.25, -0.2) is 9.97 Å². The van der Waals surface area contributed by atoms with Crippen molar-refractivity contribution in [3.05, 3.63) is 60.7 Å². The first-order valence-electron chi connectivity index (χ1n) is 11.3. The highest BCUT2D eigenvalue weighted by atomic mass is 16.5. The number of aliphatic hydroxyl groups is 2. The fourth-order valence-corrected chi connectivity index (χ4v) is 3.72. The first-order chi connectivity index (χ1) is 16.7. The maximum absolute atomic E-state index is 8.91. The van der Waals surface area contributed by atoms with E-state index >= 15 is 0 Å². The van der Waals surface area contributed by atoms with Gasteiger partial charge in [0.05, 0.1) is 35.3 Å². The zero-order valence-electron chi connectivity index (χ0n) is 18.6. The molecule has 4 N–H and O–H groups in total. The van der Waals surface area contributed by atoms with E-state index in [2.05, 4.69) is 9.97 Å². The van der Waals surface area contributed by atoms with Gasteiger partial charge >= 0.3 is 0 Å². The number of rotatable bonds is 10. The lowest BCUT2D eigenvalue weighted by molar-refractivity contribution is 0.233. The minimum absolute atomic E-state index is 0.111. The average Bonchev–Trinajstić information content (AvgIpc) is 3.48. The molecule has 8 nitrogen and oxygen atoms in total. The molecule has 0 saturated carbocycles. The van der Waals surface area contributed by atoms with Crippen molar-refractivity contribution in [2.45, 2.75) is 12.8 Å². The standard InChI is InChI=1S/C26H26N4O4/c31-11-1-13-33-19-7-9-21-23(15-19)29-25(27-21)17-3-5-18(6-4-17)26-28-22-10-8-20(16-24(22)30-26)34-14-2-12-32/h3-10,15-16,31-32H,1-2,11-14H2,(H,27,29)(H,28,30). The molecule has 5 rings (SSSR count). The monoisotopic (exact) mass is 458 g/mol.